The molecule has 1 amide bonds. The second-order valence-electron chi connectivity index (χ2n) is 5.02. The summed E-state index contributed by atoms with van der Waals surface area (Å²) in [7, 11) is 0. The maximum absolute atomic E-state index is 12.0. The van der Waals surface area contributed by atoms with Crippen LogP contribution in [0.2, 0.25) is 5.02 Å². The number of aliphatic hydroxyl groups excluding tert-OH is 1. The van der Waals surface area contributed by atoms with E-state index in [1.165, 1.54) is 0 Å². The van der Waals surface area contributed by atoms with Crippen LogP contribution < -0.4 is 5.32 Å². The molecule has 2 rings (SSSR count). The van der Waals surface area contributed by atoms with E-state index in [2.05, 4.69) is 5.32 Å². The predicted molar refractivity (Wildman–Crippen MR) is 86.3 cm³/mol. The number of benzene rings is 2. The highest BCUT2D eigenvalue weighted by molar-refractivity contribution is 6.30. The van der Waals surface area contributed by atoms with Gasteiger partial charge in [-0.05, 0) is 29.8 Å². The van der Waals surface area contributed by atoms with Crippen molar-refractivity contribution >= 4 is 23.5 Å². The third-order valence-electron chi connectivity index (χ3n) is 3.43. The second kappa shape index (κ2) is 7.76. The van der Waals surface area contributed by atoms with Gasteiger partial charge in [-0.25, -0.2) is 0 Å². The molecule has 0 aliphatic carbocycles. The molecule has 0 spiro atoms. The molecule has 6 heteroatoms. The Morgan fingerprint density at radius 2 is 1.65 bits per heavy atom. The topological polar surface area (TPSA) is 86.6 Å². The van der Waals surface area contributed by atoms with E-state index in [1.54, 1.807) is 54.6 Å². The molecular weight excluding hydrogens is 318 g/mol. The summed E-state index contributed by atoms with van der Waals surface area (Å²) in [6.07, 6.45) is -1.25. The highest BCUT2D eigenvalue weighted by atomic mass is 35.5. The quantitative estimate of drug-likeness (QED) is 0.758. The molecule has 0 saturated heterocycles. The summed E-state index contributed by atoms with van der Waals surface area (Å²) in [4.78, 5) is 23.4. The van der Waals surface area contributed by atoms with Crippen molar-refractivity contribution in [2.75, 3.05) is 6.54 Å². The van der Waals surface area contributed by atoms with E-state index in [1.807, 2.05) is 0 Å². The Morgan fingerprint density at radius 1 is 1.04 bits per heavy atom. The molecule has 0 saturated carbocycles. The fraction of sp³-hybridized carbons (Fsp3) is 0.176. The summed E-state index contributed by atoms with van der Waals surface area (Å²) in [5, 5.41) is 22.6. The Labute approximate surface area is 138 Å². The van der Waals surface area contributed by atoms with Gasteiger partial charge < -0.3 is 15.5 Å². The first-order valence-electron chi connectivity index (χ1n) is 6.98. The Bertz CT molecular complexity index is 673. The Balaban J connectivity index is 2.05. The summed E-state index contributed by atoms with van der Waals surface area (Å²) < 4.78 is 0. The average molecular weight is 334 g/mol. The fourth-order valence-electron chi connectivity index (χ4n) is 2.12. The molecule has 23 heavy (non-hydrogen) atoms. The molecule has 0 aliphatic heterocycles. The van der Waals surface area contributed by atoms with Gasteiger partial charge in [-0.15, -0.1) is 0 Å². The minimum absolute atomic E-state index is 0.188. The van der Waals surface area contributed by atoms with Gasteiger partial charge in [0, 0.05) is 17.1 Å². The zero-order valence-corrected chi connectivity index (χ0v) is 12.9. The van der Waals surface area contributed by atoms with Gasteiger partial charge in [0.25, 0.3) is 5.91 Å². The molecule has 3 N–H and O–H groups in total. The highest BCUT2D eigenvalue weighted by Gasteiger charge is 2.28. The van der Waals surface area contributed by atoms with Crippen molar-refractivity contribution in [1.82, 2.24) is 5.32 Å². The van der Waals surface area contributed by atoms with Crippen LogP contribution in [-0.4, -0.2) is 28.6 Å². The zero-order chi connectivity index (χ0) is 16.8. The van der Waals surface area contributed by atoms with E-state index in [4.69, 9.17) is 11.6 Å². The first-order chi connectivity index (χ1) is 11.0. The molecule has 0 fully saturated rings. The van der Waals surface area contributed by atoms with Crippen molar-refractivity contribution in [3.63, 3.8) is 0 Å². The van der Waals surface area contributed by atoms with E-state index in [0.717, 1.165) is 0 Å². The number of nitrogens with one attached hydrogen (secondary N) is 1. The summed E-state index contributed by atoms with van der Waals surface area (Å²) in [5.74, 6) is -2.75. The summed E-state index contributed by atoms with van der Waals surface area (Å²) in [6, 6.07) is 14.7. The van der Waals surface area contributed by atoms with Crippen molar-refractivity contribution in [2.24, 2.45) is 5.92 Å². The van der Waals surface area contributed by atoms with Crippen molar-refractivity contribution in [3.05, 3.63) is 70.7 Å². The lowest BCUT2D eigenvalue weighted by Gasteiger charge is -2.20. The van der Waals surface area contributed by atoms with Gasteiger partial charge in [-0.2, -0.15) is 0 Å². The van der Waals surface area contributed by atoms with Crippen LogP contribution in [0.15, 0.2) is 54.6 Å². The first kappa shape index (κ1) is 17.0. The summed E-state index contributed by atoms with van der Waals surface area (Å²) >= 11 is 5.77. The molecule has 2 aromatic carbocycles. The standard InChI is InChI=1S/C17H16ClNO4/c18-13-8-6-11(7-9-13)15(20)14(17(22)23)10-19-16(21)12-4-2-1-3-5-12/h1-9,14-15,20H,10H2,(H,19,21)(H,22,23). The third kappa shape index (κ3) is 4.55. The van der Waals surface area contributed by atoms with Gasteiger partial charge in [0.15, 0.2) is 0 Å². The smallest absolute Gasteiger partial charge is 0.311 e. The normalized spacial score (nSPS) is 13.1. The highest BCUT2D eigenvalue weighted by Crippen LogP contribution is 2.23. The number of carbonyl (C=O) groups is 2. The van der Waals surface area contributed by atoms with Gasteiger partial charge >= 0.3 is 5.97 Å². The lowest BCUT2D eigenvalue weighted by Crippen LogP contribution is -2.36. The van der Waals surface area contributed by atoms with E-state index in [-0.39, 0.29) is 12.5 Å². The van der Waals surface area contributed by atoms with Crippen LogP contribution in [0.25, 0.3) is 0 Å². The van der Waals surface area contributed by atoms with Crippen molar-refractivity contribution in [1.29, 1.82) is 0 Å². The maximum Gasteiger partial charge on any atom is 0.311 e. The SMILES string of the molecule is O=C(NCC(C(=O)O)C(O)c1ccc(Cl)cc1)c1ccccc1. The number of carboxylic acid groups (broad SMARTS) is 1. The van der Waals surface area contributed by atoms with E-state index in [0.29, 0.717) is 16.1 Å². The molecule has 2 atom stereocenters. The number of aliphatic carboxylic acids is 1. The Morgan fingerprint density at radius 3 is 2.22 bits per heavy atom. The molecule has 2 unspecified atom stereocenters. The van der Waals surface area contributed by atoms with Gasteiger partial charge in [0.1, 0.15) is 5.92 Å². The van der Waals surface area contributed by atoms with Crippen LogP contribution in [0.4, 0.5) is 0 Å². The number of amides is 1. The van der Waals surface area contributed by atoms with Crippen LogP contribution in [-0.2, 0) is 4.79 Å². The third-order valence-corrected chi connectivity index (χ3v) is 3.68. The monoisotopic (exact) mass is 333 g/mol. The van der Waals surface area contributed by atoms with Crippen molar-refractivity contribution in [2.45, 2.75) is 6.10 Å². The van der Waals surface area contributed by atoms with E-state index in [9.17, 15) is 19.8 Å². The summed E-state index contributed by atoms with van der Waals surface area (Å²) in [6.45, 7) is -0.188. The molecule has 120 valence electrons. The van der Waals surface area contributed by atoms with Crippen LogP contribution in [0, 0.1) is 5.92 Å². The number of carboxylic acids is 1. The number of carbonyl (C=O) groups excluding carboxylic acids is 1. The Kier molecular flexibility index (Phi) is 5.73. The predicted octanol–water partition coefficient (Wildman–Crippen LogP) is 2.50. The first-order valence-corrected chi connectivity index (χ1v) is 7.36. The average Bonchev–Trinajstić information content (AvgIpc) is 2.55. The molecule has 0 aliphatic rings. The number of aliphatic hydroxyl groups is 1. The van der Waals surface area contributed by atoms with Crippen molar-refractivity contribution < 1.29 is 19.8 Å². The minimum atomic E-state index is -1.25. The fourth-order valence-corrected chi connectivity index (χ4v) is 2.25. The van der Waals surface area contributed by atoms with Gasteiger partial charge in [-0.3, -0.25) is 9.59 Å². The van der Waals surface area contributed by atoms with Crippen LogP contribution >= 0.6 is 11.6 Å². The number of halogens is 1. The number of hydrogen-bond acceptors (Lipinski definition) is 3. The van der Waals surface area contributed by atoms with Crippen LogP contribution in [0.1, 0.15) is 22.0 Å². The molecule has 2 aromatic rings. The maximum atomic E-state index is 12.0. The minimum Gasteiger partial charge on any atom is -0.481 e. The largest absolute Gasteiger partial charge is 0.481 e. The lowest BCUT2D eigenvalue weighted by molar-refractivity contribution is -0.145. The molecule has 0 bridgehead atoms. The second-order valence-corrected chi connectivity index (χ2v) is 5.45. The zero-order valence-electron chi connectivity index (χ0n) is 12.1. The lowest BCUT2D eigenvalue weighted by atomic mass is 9.95. The summed E-state index contributed by atoms with van der Waals surface area (Å²) in [5.41, 5.74) is 0.855. The van der Waals surface area contributed by atoms with Crippen molar-refractivity contribution in [3.8, 4) is 0 Å². The molecular formula is C17H16ClNO4. The Hall–Kier alpha value is -2.37. The number of rotatable bonds is 6. The van der Waals surface area contributed by atoms with E-state index < -0.39 is 18.0 Å². The number of hydrogen-bond donors (Lipinski definition) is 3. The van der Waals surface area contributed by atoms with Crippen LogP contribution in [0.5, 0.6) is 0 Å². The molecule has 0 radical (unpaired) electrons. The molecule has 0 heterocycles. The molecule has 0 aromatic heterocycles. The van der Waals surface area contributed by atoms with E-state index >= 15 is 0 Å². The van der Waals surface area contributed by atoms with Gasteiger partial charge in [0.05, 0.1) is 6.10 Å². The molecule has 5 nitrogen and oxygen atoms in total. The van der Waals surface area contributed by atoms with Crippen LogP contribution in [0.3, 0.4) is 0 Å². The van der Waals surface area contributed by atoms with Gasteiger partial charge in [-0.1, -0.05) is 41.9 Å². The van der Waals surface area contributed by atoms with Gasteiger partial charge in [0.2, 0.25) is 0 Å².